The predicted molar refractivity (Wildman–Crippen MR) is 56.7 cm³/mol. The molecule has 1 aliphatic heterocycles. The highest BCUT2D eigenvalue weighted by atomic mass is 16.2. The highest BCUT2D eigenvalue weighted by Gasteiger charge is 2.21. The fraction of sp³-hybridized carbons (Fsp3) is 0.818. The Hall–Kier alpha value is -0.860. The van der Waals surface area contributed by atoms with E-state index < -0.39 is 0 Å². The monoisotopic (exact) mass is 199 g/mol. The molecule has 3 nitrogen and oxygen atoms in total. The Labute approximate surface area is 86.3 Å². The molecule has 0 radical (unpaired) electrons. The zero-order valence-electron chi connectivity index (χ0n) is 9.81. The van der Waals surface area contributed by atoms with Crippen LogP contribution in [0.15, 0.2) is 0 Å². The number of piperidine rings is 1. The van der Waals surface area contributed by atoms with Gasteiger partial charge in [0.2, 0.25) is 11.8 Å². The van der Waals surface area contributed by atoms with E-state index in [0.29, 0.717) is 18.3 Å². The molecule has 0 aliphatic carbocycles. The number of hydrogen-bond acceptors (Lipinski definition) is 2. The number of hydrogen-bond donors (Lipinski definition) is 1. The number of carbonyl (C=O) groups excluding carboxylic acids is 2. The van der Waals surface area contributed by atoms with E-state index in [2.05, 4.69) is 33.0 Å². The standard InChI is InChI=1S/C6H9NO2.C5H12/c1-4-2-3-5(8)7-6(4)9;1-5(2,3)4/h4H,2-3H2,1H3,(H,7,8,9);1-4H3. The lowest BCUT2D eigenvalue weighted by Crippen LogP contribution is -2.39. The predicted octanol–water partition coefficient (Wildman–Crippen LogP) is 2.11. The lowest BCUT2D eigenvalue weighted by molar-refractivity contribution is -0.135. The van der Waals surface area contributed by atoms with Crippen LogP contribution in [-0.2, 0) is 9.59 Å². The molecule has 0 aromatic carbocycles. The van der Waals surface area contributed by atoms with Gasteiger partial charge in [-0.05, 0) is 11.8 Å². The first-order valence-electron chi connectivity index (χ1n) is 5.04. The van der Waals surface area contributed by atoms with Crippen molar-refractivity contribution in [1.29, 1.82) is 0 Å². The van der Waals surface area contributed by atoms with Gasteiger partial charge in [0.1, 0.15) is 0 Å². The molecule has 1 heterocycles. The summed E-state index contributed by atoms with van der Waals surface area (Å²) in [6.45, 7) is 10.6. The zero-order chi connectivity index (χ0) is 11.4. The molecule has 1 saturated heterocycles. The van der Waals surface area contributed by atoms with Crippen molar-refractivity contribution in [3.8, 4) is 0 Å². The van der Waals surface area contributed by atoms with Gasteiger partial charge < -0.3 is 0 Å². The molecule has 1 fully saturated rings. The van der Waals surface area contributed by atoms with Gasteiger partial charge >= 0.3 is 0 Å². The Bertz CT molecular complexity index is 210. The topological polar surface area (TPSA) is 46.2 Å². The summed E-state index contributed by atoms with van der Waals surface area (Å²) in [6.07, 6.45) is 1.19. The quantitative estimate of drug-likeness (QED) is 0.607. The molecule has 0 aromatic heterocycles. The summed E-state index contributed by atoms with van der Waals surface area (Å²) in [5, 5.41) is 2.25. The summed E-state index contributed by atoms with van der Waals surface area (Å²) in [5.74, 6) is -0.257. The summed E-state index contributed by atoms with van der Waals surface area (Å²) in [5.41, 5.74) is 0.500. The SMILES string of the molecule is CC(C)(C)C.CC1CCC(=O)NC1=O. The van der Waals surface area contributed by atoms with Gasteiger partial charge in [-0.2, -0.15) is 0 Å². The molecule has 1 aliphatic rings. The molecule has 1 unspecified atom stereocenters. The van der Waals surface area contributed by atoms with Gasteiger partial charge in [-0.1, -0.05) is 34.6 Å². The largest absolute Gasteiger partial charge is 0.296 e. The van der Waals surface area contributed by atoms with E-state index in [4.69, 9.17) is 0 Å². The molecule has 3 heteroatoms. The van der Waals surface area contributed by atoms with Crippen LogP contribution >= 0.6 is 0 Å². The van der Waals surface area contributed by atoms with Crippen LogP contribution in [0.2, 0.25) is 0 Å². The second-order valence-electron chi connectivity index (χ2n) is 5.35. The van der Waals surface area contributed by atoms with Crippen LogP contribution in [0.5, 0.6) is 0 Å². The first-order chi connectivity index (χ1) is 6.20. The van der Waals surface area contributed by atoms with E-state index >= 15 is 0 Å². The third-order valence-corrected chi connectivity index (χ3v) is 1.51. The average Bonchev–Trinajstić information content (AvgIpc) is 1.94. The van der Waals surface area contributed by atoms with Crippen LogP contribution < -0.4 is 5.32 Å². The number of amides is 2. The summed E-state index contributed by atoms with van der Waals surface area (Å²) >= 11 is 0. The number of imide groups is 1. The van der Waals surface area contributed by atoms with Crippen molar-refractivity contribution in [2.24, 2.45) is 11.3 Å². The molecule has 0 saturated carbocycles. The number of carbonyl (C=O) groups is 2. The third kappa shape index (κ3) is 7.77. The molecule has 82 valence electrons. The molecule has 1 N–H and O–H groups in total. The van der Waals surface area contributed by atoms with Crippen molar-refractivity contribution in [3.05, 3.63) is 0 Å². The third-order valence-electron chi connectivity index (χ3n) is 1.51. The Morgan fingerprint density at radius 1 is 1.21 bits per heavy atom. The Morgan fingerprint density at radius 3 is 1.93 bits per heavy atom. The highest BCUT2D eigenvalue weighted by Crippen LogP contribution is 2.09. The van der Waals surface area contributed by atoms with Crippen molar-refractivity contribution in [1.82, 2.24) is 5.32 Å². The molecule has 0 bridgehead atoms. The van der Waals surface area contributed by atoms with Gasteiger partial charge in [-0.3, -0.25) is 14.9 Å². The first kappa shape index (κ1) is 13.1. The molecule has 1 rings (SSSR count). The molecular weight excluding hydrogens is 178 g/mol. The second-order valence-corrected chi connectivity index (χ2v) is 5.35. The maximum atomic E-state index is 10.7. The van der Waals surface area contributed by atoms with Gasteiger partial charge in [-0.15, -0.1) is 0 Å². The Balaban J connectivity index is 0.000000292. The minimum absolute atomic E-state index is 0.0164. The highest BCUT2D eigenvalue weighted by molar-refractivity contribution is 5.98. The average molecular weight is 199 g/mol. The van der Waals surface area contributed by atoms with Crippen LogP contribution in [-0.4, -0.2) is 11.8 Å². The molecule has 2 amide bonds. The van der Waals surface area contributed by atoms with Crippen LogP contribution in [0.1, 0.15) is 47.5 Å². The summed E-state index contributed by atoms with van der Waals surface area (Å²) in [4.78, 5) is 21.2. The fourth-order valence-electron chi connectivity index (χ4n) is 0.802. The molecule has 14 heavy (non-hydrogen) atoms. The van der Waals surface area contributed by atoms with Crippen LogP contribution in [0.3, 0.4) is 0 Å². The van der Waals surface area contributed by atoms with Gasteiger partial charge in [0.25, 0.3) is 0 Å². The fourth-order valence-corrected chi connectivity index (χ4v) is 0.802. The molecule has 1 atom stereocenters. The molecule has 0 aromatic rings. The normalized spacial score (nSPS) is 22.2. The van der Waals surface area contributed by atoms with Gasteiger partial charge in [0.15, 0.2) is 0 Å². The lowest BCUT2D eigenvalue weighted by atomic mass is 10.0. The Kier molecular flexibility index (Phi) is 4.81. The first-order valence-corrected chi connectivity index (χ1v) is 5.04. The van der Waals surface area contributed by atoms with E-state index in [1.807, 2.05) is 6.92 Å². The maximum Gasteiger partial charge on any atom is 0.229 e. The van der Waals surface area contributed by atoms with Gasteiger partial charge in [0.05, 0.1) is 0 Å². The summed E-state index contributed by atoms with van der Waals surface area (Å²) in [7, 11) is 0. The zero-order valence-corrected chi connectivity index (χ0v) is 9.81. The van der Waals surface area contributed by atoms with Crippen molar-refractivity contribution >= 4 is 11.8 Å². The Morgan fingerprint density at radius 2 is 1.64 bits per heavy atom. The van der Waals surface area contributed by atoms with E-state index in [1.165, 1.54) is 0 Å². The lowest BCUT2D eigenvalue weighted by Gasteiger charge is -2.15. The molecular formula is C11H21NO2. The maximum absolute atomic E-state index is 10.7. The van der Waals surface area contributed by atoms with Gasteiger partial charge in [0, 0.05) is 12.3 Å². The minimum Gasteiger partial charge on any atom is -0.296 e. The smallest absolute Gasteiger partial charge is 0.229 e. The number of nitrogens with one attached hydrogen (secondary N) is 1. The summed E-state index contributed by atoms with van der Waals surface area (Å²) in [6, 6.07) is 0. The minimum atomic E-state index is -0.141. The van der Waals surface area contributed by atoms with E-state index in [1.54, 1.807) is 0 Å². The van der Waals surface area contributed by atoms with E-state index in [0.717, 1.165) is 0 Å². The van der Waals surface area contributed by atoms with Crippen molar-refractivity contribution in [2.45, 2.75) is 47.5 Å². The van der Waals surface area contributed by atoms with Crippen molar-refractivity contribution in [3.63, 3.8) is 0 Å². The second kappa shape index (κ2) is 5.13. The van der Waals surface area contributed by atoms with E-state index in [-0.39, 0.29) is 17.7 Å². The van der Waals surface area contributed by atoms with Crippen LogP contribution in [0.25, 0.3) is 0 Å². The van der Waals surface area contributed by atoms with Crippen molar-refractivity contribution < 1.29 is 9.59 Å². The van der Waals surface area contributed by atoms with Crippen molar-refractivity contribution in [2.75, 3.05) is 0 Å². The summed E-state index contributed by atoms with van der Waals surface area (Å²) < 4.78 is 0. The van der Waals surface area contributed by atoms with E-state index in [9.17, 15) is 9.59 Å². The van der Waals surface area contributed by atoms with Crippen LogP contribution in [0, 0.1) is 11.3 Å². The van der Waals surface area contributed by atoms with Gasteiger partial charge in [-0.25, -0.2) is 0 Å². The number of rotatable bonds is 0. The molecule has 0 spiro atoms. The van der Waals surface area contributed by atoms with Crippen LogP contribution in [0.4, 0.5) is 0 Å².